The summed E-state index contributed by atoms with van der Waals surface area (Å²) in [6.45, 7) is 4.32. The number of carbonyl (C=O) groups excluding carboxylic acids is 2. The first-order valence-corrected chi connectivity index (χ1v) is 16.4. The summed E-state index contributed by atoms with van der Waals surface area (Å²) in [5.74, 6) is 1.88. The van der Waals surface area contributed by atoms with Crippen LogP contribution in [0.15, 0.2) is 60.7 Å². The number of aliphatic hydroxyl groups excluding tert-OH is 2. The summed E-state index contributed by atoms with van der Waals surface area (Å²) in [4.78, 5) is 22.7. The Balaban J connectivity index is 0.000000211. The van der Waals surface area contributed by atoms with Crippen molar-refractivity contribution in [3.63, 3.8) is 0 Å². The number of esters is 1. The van der Waals surface area contributed by atoms with Crippen LogP contribution in [-0.2, 0) is 41.4 Å². The van der Waals surface area contributed by atoms with Gasteiger partial charge in [0.15, 0.2) is 35.6 Å². The highest BCUT2D eigenvalue weighted by Gasteiger charge is 2.45. The summed E-state index contributed by atoms with van der Waals surface area (Å²) in [7, 11) is 3.03. The fraction of sp³-hybridized carbons (Fsp3) is 0.459. The van der Waals surface area contributed by atoms with E-state index in [4.69, 9.17) is 42.6 Å². The van der Waals surface area contributed by atoms with Crippen molar-refractivity contribution >= 4 is 12.4 Å². The fourth-order valence-electron chi connectivity index (χ4n) is 6.10. The van der Waals surface area contributed by atoms with Crippen LogP contribution in [0.25, 0.3) is 0 Å². The zero-order chi connectivity index (χ0) is 35.6. The lowest BCUT2D eigenvalue weighted by Gasteiger charge is -2.35. The Kier molecular flexibility index (Phi) is 12.9. The van der Waals surface area contributed by atoms with E-state index in [2.05, 4.69) is 0 Å². The van der Waals surface area contributed by atoms with Gasteiger partial charge in [0.1, 0.15) is 6.10 Å². The first-order valence-electron chi connectivity index (χ1n) is 16.4. The molecule has 7 unspecified atom stereocenters. The maximum absolute atomic E-state index is 12.0. The molecule has 13 heteroatoms. The second-order valence-corrected chi connectivity index (χ2v) is 12.1. The van der Waals surface area contributed by atoms with Crippen molar-refractivity contribution in [3.8, 4) is 28.7 Å². The summed E-state index contributed by atoms with van der Waals surface area (Å²) >= 11 is 0. The lowest BCUT2D eigenvalue weighted by atomic mass is 9.81. The predicted octanol–water partition coefficient (Wildman–Crippen LogP) is 4.14. The molecular weight excluding hydrogens is 652 g/mol. The second-order valence-electron chi connectivity index (χ2n) is 12.1. The molecule has 3 aliphatic rings. The Hall–Kier alpha value is -4.40. The minimum absolute atomic E-state index is 0.0954. The number of benzene rings is 3. The Bertz CT molecular complexity index is 1540. The van der Waals surface area contributed by atoms with Gasteiger partial charge in [-0.05, 0) is 60.7 Å². The van der Waals surface area contributed by atoms with Gasteiger partial charge in [0.25, 0.3) is 6.47 Å². The van der Waals surface area contributed by atoms with E-state index in [1.807, 2.05) is 49.4 Å². The van der Waals surface area contributed by atoms with E-state index in [9.17, 15) is 19.8 Å². The molecule has 6 rings (SSSR count). The summed E-state index contributed by atoms with van der Waals surface area (Å²) in [6.07, 6.45) is -1.79. The van der Waals surface area contributed by atoms with Crippen LogP contribution >= 0.6 is 0 Å². The minimum atomic E-state index is -0.919. The van der Waals surface area contributed by atoms with Crippen LogP contribution in [0.3, 0.4) is 0 Å². The number of hydrogen-bond donors (Lipinski definition) is 2. The highest BCUT2D eigenvalue weighted by molar-refractivity contribution is 5.77. The number of hydrogen-bond acceptors (Lipinski definition) is 13. The molecule has 0 saturated carbocycles. The minimum Gasteiger partial charge on any atom is -0.493 e. The summed E-state index contributed by atoms with van der Waals surface area (Å²) < 4.78 is 49.2. The van der Waals surface area contributed by atoms with Crippen molar-refractivity contribution in [2.75, 3.05) is 34.2 Å². The van der Waals surface area contributed by atoms with Crippen LogP contribution in [0.1, 0.15) is 43.1 Å². The molecule has 0 radical (unpaired) electrons. The van der Waals surface area contributed by atoms with E-state index < -0.39 is 30.9 Å². The predicted molar refractivity (Wildman–Crippen MR) is 177 cm³/mol. The molecule has 270 valence electrons. The van der Waals surface area contributed by atoms with E-state index >= 15 is 0 Å². The topological polar surface area (TPSA) is 158 Å². The lowest BCUT2D eigenvalue weighted by molar-refractivity contribution is -0.217. The van der Waals surface area contributed by atoms with E-state index in [-0.39, 0.29) is 44.2 Å². The zero-order valence-corrected chi connectivity index (χ0v) is 28.5. The van der Waals surface area contributed by atoms with Gasteiger partial charge < -0.3 is 52.8 Å². The maximum Gasteiger partial charge on any atom is 0.315 e. The molecule has 1 saturated heterocycles. The van der Waals surface area contributed by atoms with Gasteiger partial charge in [-0.2, -0.15) is 0 Å². The Morgan fingerprint density at radius 2 is 1.70 bits per heavy atom. The standard InChI is InChI=1S/C21H28O9.C16H16O4/c1-11-18(8-26-12(2)23)29-21(19(11)24)30-20-14(7-25-9-22)4-3-13-5-16-17(6-15(13)20)28-10-27-16;1-18-13-9-6-10-14(19-2)16(13)20-15(17)11-12-7-4-3-5-8-12/h5-6,9,11-12,14,18-21,23-24H,3-4,7-8,10H2,1-2H3;3-10H,11H2,1-2H3. The van der Waals surface area contributed by atoms with Gasteiger partial charge in [-0.3, -0.25) is 9.59 Å². The second kappa shape index (κ2) is 17.5. The number of fused-ring (bicyclic) bond motifs is 2. The molecule has 3 aromatic carbocycles. The van der Waals surface area contributed by atoms with Crippen molar-refractivity contribution in [2.24, 2.45) is 11.8 Å². The average molecular weight is 697 g/mol. The van der Waals surface area contributed by atoms with Gasteiger partial charge in [-0.15, -0.1) is 0 Å². The highest BCUT2D eigenvalue weighted by Crippen LogP contribution is 2.46. The molecule has 50 heavy (non-hydrogen) atoms. The monoisotopic (exact) mass is 696 g/mol. The van der Waals surface area contributed by atoms with Gasteiger partial charge in [0, 0.05) is 11.8 Å². The van der Waals surface area contributed by atoms with Crippen LogP contribution in [0.4, 0.5) is 0 Å². The van der Waals surface area contributed by atoms with Crippen LogP contribution in [-0.4, -0.2) is 81.7 Å². The van der Waals surface area contributed by atoms with Crippen LogP contribution in [0, 0.1) is 11.8 Å². The molecule has 0 bridgehead atoms. The first-order chi connectivity index (χ1) is 24.2. The number of aliphatic hydroxyl groups is 2. The zero-order valence-electron chi connectivity index (χ0n) is 28.5. The summed E-state index contributed by atoms with van der Waals surface area (Å²) in [6, 6.07) is 18.5. The number of carbonyl (C=O) groups is 2. The van der Waals surface area contributed by atoms with Crippen molar-refractivity contribution in [3.05, 3.63) is 77.4 Å². The molecule has 2 N–H and O–H groups in total. The van der Waals surface area contributed by atoms with E-state index in [1.165, 1.54) is 21.1 Å². The molecule has 3 aromatic rings. The third-order valence-corrected chi connectivity index (χ3v) is 8.82. The molecule has 0 aromatic heterocycles. The Labute approximate surface area is 290 Å². The number of ether oxygens (including phenoxy) is 9. The molecule has 13 nitrogen and oxygen atoms in total. The third kappa shape index (κ3) is 9.03. The van der Waals surface area contributed by atoms with Crippen molar-refractivity contribution < 1.29 is 62.4 Å². The van der Waals surface area contributed by atoms with E-state index in [0.717, 1.165) is 29.5 Å². The quantitative estimate of drug-likeness (QED) is 0.114. The normalized spacial score (nSPS) is 23.9. The molecule has 2 aliphatic heterocycles. The van der Waals surface area contributed by atoms with Gasteiger partial charge in [-0.1, -0.05) is 43.3 Å². The smallest absolute Gasteiger partial charge is 0.315 e. The Morgan fingerprint density at radius 3 is 2.36 bits per heavy atom. The number of para-hydroxylation sites is 1. The lowest BCUT2D eigenvalue weighted by Crippen LogP contribution is -2.34. The van der Waals surface area contributed by atoms with Gasteiger partial charge in [0.2, 0.25) is 12.5 Å². The van der Waals surface area contributed by atoms with Crippen LogP contribution < -0.4 is 23.7 Å². The number of aryl methyl sites for hydroxylation is 1. The van der Waals surface area contributed by atoms with Gasteiger partial charge >= 0.3 is 5.97 Å². The van der Waals surface area contributed by atoms with Crippen LogP contribution in [0.5, 0.6) is 28.7 Å². The van der Waals surface area contributed by atoms with E-state index in [0.29, 0.717) is 35.2 Å². The van der Waals surface area contributed by atoms with E-state index in [1.54, 1.807) is 18.2 Å². The Morgan fingerprint density at radius 1 is 1.00 bits per heavy atom. The average Bonchev–Trinajstić information content (AvgIpc) is 3.69. The van der Waals surface area contributed by atoms with Crippen molar-refractivity contribution in [1.29, 1.82) is 0 Å². The largest absolute Gasteiger partial charge is 0.493 e. The number of rotatable bonds is 13. The molecule has 0 amide bonds. The molecule has 1 fully saturated rings. The van der Waals surface area contributed by atoms with Crippen molar-refractivity contribution in [2.45, 2.75) is 64.0 Å². The van der Waals surface area contributed by atoms with Gasteiger partial charge in [-0.25, -0.2) is 0 Å². The maximum atomic E-state index is 12.0. The van der Waals surface area contributed by atoms with Gasteiger partial charge in [0.05, 0.1) is 46.1 Å². The summed E-state index contributed by atoms with van der Waals surface area (Å²) in [5, 5.41) is 20.0. The molecular formula is C37H44O13. The SMILES string of the molecule is CC(O)OCC1OC(OC2c3cc4c(cc3CCC2COC=O)OCO4)C(O)C1C.COc1cccc(OC)c1OC(=O)Cc1ccccc1. The molecule has 2 heterocycles. The molecule has 0 spiro atoms. The highest BCUT2D eigenvalue weighted by atomic mass is 16.7. The fourth-order valence-corrected chi connectivity index (χ4v) is 6.10. The summed E-state index contributed by atoms with van der Waals surface area (Å²) in [5.41, 5.74) is 2.88. The van der Waals surface area contributed by atoms with Crippen molar-refractivity contribution in [1.82, 2.24) is 0 Å². The molecule has 7 atom stereocenters. The number of methoxy groups -OCH3 is 2. The first kappa shape index (κ1) is 36.9. The van der Waals surface area contributed by atoms with Crippen LogP contribution in [0.2, 0.25) is 0 Å². The third-order valence-electron chi connectivity index (χ3n) is 8.82. The molecule has 1 aliphatic carbocycles.